The smallest absolute Gasteiger partial charge is 0.321 e. The molecular weight excluding hydrogens is 409 g/mol. The van der Waals surface area contributed by atoms with Gasteiger partial charge in [-0.15, -0.1) is 0 Å². The van der Waals surface area contributed by atoms with Crippen molar-refractivity contribution in [3.05, 3.63) is 57.4 Å². The van der Waals surface area contributed by atoms with Crippen LogP contribution in [-0.4, -0.2) is 29.0 Å². The molecule has 0 bridgehead atoms. The number of benzene rings is 2. The van der Waals surface area contributed by atoms with Gasteiger partial charge in [0.25, 0.3) is 0 Å². The summed E-state index contributed by atoms with van der Waals surface area (Å²) in [6.45, 7) is 1.21. The zero-order valence-corrected chi connectivity index (χ0v) is 16.5. The molecule has 1 N–H and O–H groups in total. The molecular formula is C19H16Cl3N3O2. The van der Waals surface area contributed by atoms with E-state index in [0.717, 1.165) is 23.9 Å². The van der Waals surface area contributed by atoms with Crippen molar-refractivity contribution in [2.75, 3.05) is 18.4 Å². The fourth-order valence-corrected chi connectivity index (χ4v) is 3.71. The van der Waals surface area contributed by atoms with Crippen molar-refractivity contribution in [3.8, 4) is 0 Å². The molecule has 0 unspecified atom stereocenters. The molecule has 0 atom stereocenters. The van der Waals surface area contributed by atoms with Gasteiger partial charge < -0.3 is 14.6 Å². The lowest BCUT2D eigenvalue weighted by Crippen LogP contribution is -2.40. The van der Waals surface area contributed by atoms with Crippen LogP contribution in [0.1, 0.15) is 24.7 Å². The third-order valence-electron chi connectivity index (χ3n) is 4.67. The highest BCUT2D eigenvalue weighted by Crippen LogP contribution is 2.31. The Labute approximate surface area is 171 Å². The topological polar surface area (TPSA) is 58.4 Å². The number of carbonyl (C=O) groups is 1. The second-order valence-electron chi connectivity index (χ2n) is 6.48. The number of hydrogen-bond acceptors (Lipinski definition) is 3. The summed E-state index contributed by atoms with van der Waals surface area (Å²) < 4.78 is 5.86. The normalized spacial score (nSPS) is 15.3. The van der Waals surface area contributed by atoms with E-state index in [2.05, 4.69) is 10.3 Å². The van der Waals surface area contributed by atoms with Gasteiger partial charge in [0.2, 0.25) is 0 Å². The van der Waals surface area contributed by atoms with E-state index in [1.807, 2.05) is 6.07 Å². The van der Waals surface area contributed by atoms with Crippen LogP contribution in [0.25, 0.3) is 11.1 Å². The Hall–Kier alpha value is -1.95. The van der Waals surface area contributed by atoms with Crippen molar-refractivity contribution >= 4 is 57.6 Å². The van der Waals surface area contributed by atoms with Gasteiger partial charge >= 0.3 is 6.03 Å². The number of likely N-dealkylation sites (tertiary alicyclic amines) is 1. The molecule has 1 aromatic heterocycles. The lowest BCUT2D eigenvalue weighted by molar-refractivity contribution is 0.190. The summed E-state index contributed by atoms with van der Waals surface area (Å²) in [6.07, 6.45) is 1.55. The van der Waals surface area contributed by atoms with Crippen molar-refractivity contribution in [2.24, 2.45) is 0 Å². The highest BCUT2D eigenvalue weighted by Gasteiger charge is 2.27. The first-order chi connectivity index (χ1) is 13.0. The van der Waals surface area contributed by atoms with Gasteiger partial charge in [0, 0.05) is 29.1 Å². The number of urea groups is 1. The average molecular weight is 425 g/mol. The maximum Gasteiger partial charge on any atom is 0.321 e. The summed E-state index contributed by atoms with van der Waals surface area (Å²) in [4.78, 5) is 18.8. The maximum absolute atomic E-state index is 12.5. The summed E-state index contributed by atoms with van der Waals surface area (Å²) in [6, 6.07) is 10.2. The number of hydrogen-bond donors (Lipinski definition) is 1. The Kier molecular flexibility index (Phi) is 5.17. The van der Waals surface area contributed by atoms with Gasteiger partial charge in [-0.2, -0.15) is 0 Å². The SMILES string of the molecule is O=C(Nc1cc(Cl)ccc1Cl)N1CCC(c2nc3cc(Cl)ccc3o2)CC1. The number of halogens is 3. The lowest BCUT2D eigenvalue weighted by Gasteiger charge is -2.30. The van der Waals surface area contributed by atoms with Crippen LogP contribution < -0.4 is 5.32 Å². The highest BCUT2D eigenvalue weighted by atomic mass is 35.5. The lowest BCUT2D eigenvalue weighted by atomic mass is 9.97. The zero-order chi connectivity index (χ0) is 19.0. The summed E-state index contributed by atoms with van der Waals surface area (Å²) in [5.74, 6) is 0.875. The molecule has 4 rings (SSSR count). The number of carbonyl (C=O) groups excluding carboxylic acids is 1. The number of aromatic nitrogens is 1. The van der Waals surface area contributed by atoms with E-state index in [4.69, 9.17) is 39.2 Å². The standard InChI is InChI=1S/C19H16Cl3N3O2/c20-12-1-3-14(22)15(9-12)24-19(26)25-7-5-11(6-8-25)18-23-16-10-13(21)2-4-17(16)27-18/h1-4,9-11H,5-8H2,(H,24,26). The van der Waals surface area contributed by atoms with Gasteiger partial charge in [0.05, 0.1) is 10.7 Å². The monoisotopic (exact) mass is 423 g/mol. The Morgan fingerprint density at radius 3 is 2.56 bits per heavy atom. The molecule has 0 aliphatic carbocycles. The summed E-state index contributed by atoms with van der Waals surface area (Å²) >= 11 is 18.1. The second-order valence-corrected chi connectivity index (χ2v) is 7.76. The van der Waals surface area contributed by atoms with E-state index >= 15 is 0 Å². The van der Waals surface area contributed by atoms with Gasteiger partial charge in [-0.3, -0.25) is 0 Å². The molecule has 0 spiro atoms. The van der Waals surface area contributed by atoms with Gasteiger partial charge in [0.15, 0.2) is 11.5 Å². The Morgan fingerprint density at radius 2 is 1.78 bits per heavy atom. The van der Waals surface area contributed by atoms with E-state index < -0.39 is 0 Å². The largest absolute Gasteiger partial charge is 0.440 e. The summed E-state index contributed by atoms with van der Waals surface area (Å²) in [7, 11) is 0. The van der Waals surface area contributed by atoms with Crippen LogP contribution in [-0.2, 0) is 0 Å². The number of rotatable bonds is 2. The maximum atomic E-state index is 12.5. The predicted octanol–water partition coefficient (Wildman–Crippen LogP) is 6.20. The molecule has 0 radical (unpaired) electrons. The van der Waals surface area contributed by atoms with Crippen LogP contribution >= 0.6 is 34.8 Å². The number of nitrogens with zero attached hydrogens (tertiary/aromatic N) is 2. The predicted molar refractivity (Wildman–Crippen MR) is 108 cm³/mol. The van der Waals surface area contributed by atoms with Crippen LogP contribution in [0.5, 0.6) is 0 Å². The third kappa shape index (κ3) is 4.00. The first-order valence-corrected chi connectivity index (χ1v) is 9.70. The molecule has 1 saturated heterocycles. The highest BCUT2D eigenvalue weighted by molar-refractivity contribution is 6.35. The molecule has 3 aromatic rings. The van der Waals surface area contributed by atoms with Crippen molar-refractivity contribution in [1.29, 1.82) is 0 Å². The molecule has 140 valence electrons. The molecule has 5 nitrogen and oxygen atoms in total. The second kappa shape index (κ2) is 7.58. The Balaban J connectivity index is 1.40. The molecule has 8 heteroatoms. The molecule has 1 fully saturated rings. The molecule has 2 amide bonds. The first-order valence-electron chi connectivity index (χ1n) is 8.56. The number of nitrogens with one attached hydrogen (secondary N) is 1. The van der Waals surface area contributed by atoms with Crippen LogP contribution in [0.3, 0.4) is 0 Å². The molecule has 27 heavy (non-hydrogen) atoms. The van der Waals surface area contributed by atoms with Gasteiger partial charge in [-0.1, -0.05) is 34.8 Å². The van der Waals surface area contributed by atoms with Gasteiger partial charge in [0.1, 0.15) is 5.52 Å². The van der Waals surface area contributed by atoms with E-state index in [9.17, 15) is 4.79 Å². The van der Waals surface area contributed by atoms with Crippen molar-refractivity contribution in [1.82, 2.24) is 9.88 Å². The molecule has 1 aliphatic heterocycles. The van der Waals surface area contributed by atoms with E-state index in [-0.39, 0.29) is 11.9 Å². The van der Waals surface area contributed by atoms with E-state index in [1.54, 1.807) is 35.2 Å². The quantitative estimate of drug-likeness (QED) is 0.533. The number of amides is 2. The van der Waals surface area contributed by atoms with Crippen molar-refractivity contribution in [2.45, 2.75) is 18.8 Å². The zero-order valence-electron chi connectivity index (χ0n) is 14.2. The van der Waals surface area contributed by atoms with E-state index in [0.29, 0.717) is 39.7 Å². The van der Waals surface area contributed by atoms with Crippen LogP contribution in [0.15, 0.2) is 40.8 Å². The Bertz CT molecular complexity index is 997. The fraction of sp³-hybridized carbons (Fsp3) is 0.263. The number of piperidine rings is 1. The third-order valence-corrected chi connectivity index (χ3v) is 5.47. The van der Waals surface area contributed by atoms with Crippen LogP contribution in [0.2, 0.25) is 15.1 Å². The fourth-order valence-electron chi connectivity index (χ4n) is 3.21. The first kappa shape index (κ1) is 18.4. The molecule has 0 saturated carbocycles. The van der Waals surface area contributed by atoms with Gasteiger partial charge in [-0.25, -0.2) is 9.78 Å². The van der Waals surface area contributed by atoms with Crippen molar-refractivity contribution < 1.29 is 9.21 Å². The van der Waals surface area contributed by atoms with Gasteiger partial charge in [-0.05, 0) is 49.2 Å². The van der Waals surface area contributed by atoms with Crippen LogP contribution in [0.4, 0.5) is 10.5 Å². The number of fused-ring (bicyclic) bond motifs is 1. The summed E-state index contributed by atoms with van der Waals surface area (Å²) in [5.41, 5.74) is 1.99. The minimum Gasteiger partial charge on any atom is -0.440 e. The molecule has 1 aliphatic rings. The Morgan fingerprint density at radius 1 is 1.07 bits per heavy atom. The minimum absolute atomic E-state index is 0.176. The number of oxazole rings is 1. The minimum atomic E-state index is -0.193. The van der Waals surface area contributed by atoms with Crippen molar-refractivity contribution in [3.63, 3.8) is 0 Å². The summed E-state index contributed by atoms with van der Waals surface area (Å²) in [5, 5.41) is 4.42. The molecule has 2 aromatic carbocycles. The average Bonchev–Trinajstić information content (AvgIpc) is 3.08. The van der Waals surface area contributed by atoms with E-state index in [1.165, 1.54) is 0 Å². The van der Waals surface area contributed by atoms with Crippen LogP contribution in [0, 0.1) is 0 Å². The number of anilines is 1. The molecule has 2 heterocycles.